The zero-order valence-electron chi connectivity index (χ0n) is 18.5. The molecule has 176 valence electrons. The number of unbranched alkanes of at least 4 members (excludes halogenated alkanes) is 1. The van der Waals surface area contributed by atoms with Crippen LogP contribution in [0.2, 0.25) is 0 Å². The molecular formula is C23H26FN3O6. The second-order valence-corrected chi connectivity index (χ2v) is 7.70. The number of halogens is 1. The van der Waals surface area contributed by atoms with Gasteiger partial charge in [-0.2, -0.15) is 4.39 Å². The highest BCUT2D eigenvalue weighted by molar-refractivity contribution is 6.00. The van der Waals surface area contributed by atoms with Crippen LogP contribution in [0, 0.1) is 21.8 Å². The van der Waals surface area contributed by atoms with Crippen molar-refractivity contribution in [2.24, 2.45) is 5.92 Å². The number of nitro groups is 1. The van der Waals surface area contributed by atoms with Gasteiger partial charge < -0.3 is 19.7 Å². The maximum Gasteiger partial charge on any atom is 0.306 e. The molecule has 0 bridgehead atoms. The number of carbonyl (C=O) groups is 2. The van der Waals surface area contributed by atoms with Crippen molar-refractivity contribution in [1.82, 2.24) is 5.32 Å². The Morgan fingerprint density at radius 1 is 1.27 bits per heavy atom. The number of benzene rings is 2. The van der Waals surface area contributed by atoms with Gasteiger partial charge in [0.1, 0.15) is 0 Å². The minimum absolute atomic E-state index is 0.0372. The molecule has 2 amide bonds. The molecule has 1 aliphatic rings. The van der Waals surface area contributed by atoms with E-state index in [-0.39, 0.29) is 37.0 Å². The minimum Gasteiger partial charge on any atom is -0.493 e. The Morgan fingerprint density at radius 2 is 2.06 bits per heavy atom. The molecule has 9 nitrogen and oxygen atoms in total. The Balaban J connectivity index is 1.61. The maximum absolute atomic E-state index is 13.6. The van der Waals surface area contributed by atoms with E-state index >= 15 is 0 Å². The summed E-state index contributed by atoms with van der Waals surface area (Å²) in [5.41, 5.74) is 0.273. The topological polar surface area (TPSA) is 111 Å². The highest BCUT2D eigenvalue weighted by atomic mass is 19.1. The summed E-state index contributed by atoms with van der Waals surface area (Å²) in [4.78, 5) is 36.5. The SMILES string of the molecule is CCCCOc1ccc(CNC(=O)C2CC(=O)N(c3ccc(F)c([N+](=O)[O-])c3)C2)cc1OC. The van der Waals surface area contributed by atoms with Crippen LogP contribution in [-0.2, 0) is 16.1 Å². The lowest BCUT2D eigenvalue weighted by atomic mass is 10.1. The number of methoxy groups -OCH3 is 1. The van der Waals surface area contributed by atoms with Crippen LogP contribution in [0.1, 0.15) is 31.7 Å². The number of nitrogens with zero attached hydrogens (tertiary/aromatic N) is 2. The molecule has 0 aromatic heterocycles. The van der Waals surface area contributed by atoms with Crippen molar-refractivity contribution in [2.75, 3.05) is 25.2 Å². The van der Waals surface area contributed by atoms with Crippen molar-refractivity contribution in [1.29, 1.82) is 0 Å². The number of amides is 2. The number of nitro benzene ring substituents is 1. The van der Waals surface area contributed by atoms with Crippen molar-refractivity contribution in [3.05, 3.63) is 57.9 Å². The highest BCUT2D eigenvalue weighted by Crippen LogP contribution is 2.30. The van der Waals surface area contributed by atoms with Crippen molar-refractivity contribution in [3.63, 3.8) is 0 Å². The second-order valence-electron chi connectivity index (χ2n) is 7.70. The molecule has 1 saturated heterocycles. The van der Waals surface area contributed by atoms with Crippen LogP contribution < -0.4 is 19.7 Å². The number of nitrogens with one attached hydrogen (secondary N) is 1. The van der Waals surface area contributed by atoms with Crippen molar-refractivity contribution in [3.8, 4) is 11.5 Å². The van der Waals surface area contributed by atoms with E-state index in [1.165, 1.54) is 11.0 Å². The molecule has 1 N–H and O–H groups in total. The van der Waals surface area contributed by atoms with Gasteiger partial charge in [0.2, 0.25) is 17.6 Å². The number of hydrogen-bond donors (Lipinski definition) is 1. The third kappa shape index (κ3) is 5.76. The van der Waals surface area contributed by atoms with Crippen LogP contribution in [0.4, 0.5) is 15.8 Å². The Labute approximate surface area is 190 Å². The summed E-state index contributed by atoms with van der Waals surface area (Å²) < 4.78 is 24.7. The summed E-state index contributed by atoms with van der Waals surface area (Å²) in [6, 6.07) is 8.63. The lowest BCUT2D eigenvalue weighted by molar-refractivity contribution is -0.387. The number of anilines is 1. The van der Waals surface area contributed by atoms with E-state index in [0.29, 0.717) is 18.1 Å². The van der Waals surface area contributed by atoms with Gasteiger partial charge in [0.25, 0.3) is 0 Å². The summed E-state index contributed by atoms with van der Waals surface area (Å²) in [6.45, 7) is 2.96. The molecule has 0 radical (unpaired) electrons. The van der Waals surface area contributed by atoms with E-state index in [9.17, 15) is 24.1 Å². The Hall–Kier alpha value is -3.69. The summed E-state index contributed by atoms with van der Waals surface area (Å²) in [7, 11) is 1.54. The molecule has 1 atom stereocenters. The van der Waals surface area contributed by atoms with Gasteiger partial charge in [-0.1, -0.05) is 19.4 Å². The van der Waals surface area contributed by atoms with E-state index in [1.54, 1.807) is 19.2 Å². The molecule has 0 saturated carbocycles. The molecule has 0 spiro atoms. The van der Waals surface area contributed by atoms with E-state index in [2.05, 4.69) is 12.2 Å². The minimum atomic E-state index is -0.984. The maximum atomic E-state index is 13.6. The van der Waals surface area contributed by atoms with Crippen LogP contribution in [-0.4, -0.2) is 37.0 Å². The van der Waals surface area contributed by atoms with Crippen LogP contribution >= 0.6 is 0 Å². The quantitative estimate of drug-likeness (QED) is 0.330. The van der Waals surface area contributed by atoms with E-state index in [4.69, 9.17) is 9.47 Å². The first-order valence-corrected chi connectivity index (χ1v) is 10.7. The number of rotatable bonds is 10. The van der Waals surface area contributed by atoms with E-state index in [1.807, 2.05) is 6.07 Å². The van der Waals surface area contributed by atoms with Gasteiger partial charge in [0.15, 0.2) is 11.5 Å². The molecule has 1 aliphatic heterocycles. The molecule has 2 aromatic carbocycles. The fourth-order valence-electron chi connectivity index (χ4n) is 3.54. The third-order valence-electron chi connectivity index (χ3n) is 5.38. The number of hydrogen-bond acceptors (Lipinski definition) is 6. The van der Waals surface area contributed by atoms with Gasteiger partial charge in [0.05, 0.1) is 30.2 Å². The van der Waals surface area contributed by atoms with Crippen molar-refractivity contribution >= 4 is 23.2 Å². The summed E-state index contributed by atoms with van der Waals surface area (Å²) in [5.74, 6) is -1.08. The Kier molecular flexibility index (Phi) is 7.81. The van der Waals surface area contributed by atoms with Gasteiger partial charge in [-0.15, -0.1) is 0 Å². The zero-order valence-corrected chi connectivity index (χ0v) is 18.5. The second kappa shape index (κ2) is 10.8. The summed E-state index contributed by atoms with van der Waals surface area (Å²) in [5, 5.41) is 13.8. The molecule has 1 fully saturated rings. The average molecular weight is 459 g/mol. The standard InChI is InChI=1S/C23H26FN3O6/c1-3-4-9-33-20-8-5-15(10-21(20)32-2)13-25-23(29)16-11-22(28)26(14-16)17-6-7-18(24)19(12-17)27(30)31/h5-8,10,12,16H,3-4,9,11,13-14H2,1-2H3,(H,25,29). The molecular weight excluding hydrogens is 433 g/mol. The monoisotopic (exact) mass is 459 g/mol. The van der Waals surface area contributed by atoms with E-state index in [0.717, 1.165) is 30.5 Å². The number of ether oxygens (including phenoxy) is 2. The zero-order chi connectivity index (χ0) is 24.0. The van der Waals surface area contributed by atoms with Gasteiger partial charge in [-0.25, -0.2) is 0 Å². The van der Waals surface area contributed by atoms with Crippen molar-refractivity contribution < 1.29 is 28.4 Å². The predicted octanol–water partition coefficient (Wildman–Crippen LogP) is 3.59. The van der Waals surface area contributed by atoms with Gasteiger partial charge in [-0.05, 0) is 36.2 Å². The molecule has 1 heterocycles. The van der Waals surface area contributed by atoms with Gasteiger partial charge >= 0.3 is 5.69 Å². The molecule has 10 heteroatoms. The molecule has 2 aromatic rings. The summed E-state index contributed by atoms with van der Waals surface area (Å²) in [6.07, 6.45) is 1.92. The summed E-state index contributed by atoms with van der Waals surface area (Å²) >= 11 is 0. The Morgan fingerprint density at radius 3 is 2.76 bits per heavy atom. The van der Waals surface area contributed by atoms with Gasteiger partial charge in [0, 0.05) is 25.6 Å². The molecule has 1 unspecified atom stereocenters. The van der Waals surface area contributed by atoms with Crippen LogP contribution in [0.15, 0.2) is 36.4 Å². The largest absolute Gasteiger partial charge is 0.493 e. The first-order chi connectivity index (χ1) is 15.8. The fourth-order valence-corrected chi connectivity index (χ4v) is 3.54. The van der Waals surface area contributed by atoms with Crippen LogP contribution in [0.5, 0.6) is 11.5 Å². The lowest BCUT2D eigenvalue weighted by Crippen LogP contribution is -2.32. The highest BCUT2D eigenvalue weighted by Gasteiger charge is 2.35. The fraction of sp³-hybridized carbons (Fsp3) is 0.391. The lowest BCUT2D eigenvalue weighted by Gasteiger charge is -2.17. The van der Waals surface area contributed by atoms with Crippen molar-refractivity contribution in [2.45, 2.75) is 32.7 Å². The van der Waals surface area contributed by atoms with Crippen LogP contribution in [0.3, 0.4) is 0 Å². The molecule has 3 rings (SSSR count). The van der Waals surface area contributed by atoms with E-state index < -0.39 is 22.3 Å². The first kappa shape index (κ1) is 24.0. The predicted molar refractivity (Wildman–Crippen MR) is 119 cm³/mol. The smallest absolute Gasteiger partial charge is 0.306 e. The molecule has 33 heavy (non-hydrogen) atoms. The molecule has 0 aliphatic carbocycles. The Bertz CT molecular complexity index is 1040. The average Bonchev–Trinajstić information content (AvgIpc) is 3.20. The van der Waals surface area contributed by atoms with Crippen LogP contribution in [0.25, 0.3) is 0 Å². The normalized spacial score (nSPS) is 15.4. The number of carbonyl (C=O) groups excluding carboxylic acids is 2. The third-order valence-corrected chi connectivity index (χ3v) is 5.38. The first-order valence-electron chi connectivity index (χ1n) is 10.7. The van der Waals surface area contributed by atoms with Gasteiger partial charge in [-0.3, -0.25) is 19.7 Å².